The third-order valence-corrected chi connectivity index (χ3v) is 3.85. The van der Waals surface area contributed by atoms with Crippen molar-refractivity contribution in [1.82, 2.24) is 9.78 Å². The fourth-order valence-electron chi connectivity index (χ4n) is 2.42. The Bertz CT molecular complexity index is 791. The summed E-state index contributed by atoms with van der Waals surface area (Å²) in [4.78, 5) is 0. The van der Waals surface area contributed by atoms with E-state index in [1.54, 1.807) is 4.68 Å². The maximum atomic E-state index is 6.23. The Labute approximate surface area is 129 Å². The molecule has 4 heteroatoms. The lowest BCUT2D eigenvalue weighted by molar-refractivity contribution is 0.894. The van der Waals surface area contributed by atoms with Crippen LogP contribution in [0.3, 0.4) is 0 Å². The molecule has 0 spiro atoms. The third-order valence-electron chi connectivity index (χ3n) is 3.61. The van der Waals surface area contributed by atoms with E-state index in [4.69, 9.17) is 17.3 Å². The van der Waals surface area contributed by atoms with Crippen LogP contribution in [0.1, 0.15) is 11.1 Å². The van der Waals surface area contributed by atoms with E-state index in [9.17, 15) is 0 Å². The van der Waals surface area contributed by atoms with Gasteiger partial charge in [0, 0.05) is 16.1 Å². The molecule has 1 heterocycles. The molecule has 21 heavy (non-hydrogen) atoms. The fraction of sp³-hybridized carbons (Fsp3) is 0.118. The van der Waals surface area contributed by atoms with E-state index in [1.165, 1.54) is 0 Å². The number of benzene rings is 2. The molecule has 0 aliphatic carbocycles. The molecule has 0 unspecified atom stereocenters. The molecule has 106 valence electrons. The molecule has 3 rings (SSSR count). The van der Waals surface area contributed by atoms with E-state index in [2.05, 4.69) is 5.10 Å². The van der Waals surface area contributed by atoms with E-state index < -0.39 is 0 Å². The van der Waals surface area contributed by atoms with E-state index in [1.807, 2.05) is 62.4 Å². The molecule has 0 atom stereocenters. The second kappa shape index (κ2) is 5.26. The molecule has 0 fully saturated rings. The first-order valence-corrected chi connectivity index (χ1v) is 7.13. The topological polar surface area (TPSA) is 43.8 Å². The van der Waals surface area contributed by atoms with Gasteiger partial charge in [0.15, 0.2) is 0 Å². The Balaban J connectivity index is 2.17. The molecular weight excluding hydrogens is 282 g/mol. The largest absolute Gasteiger partial charge is 0.383 e. The summed E-state index contributed by atoms with van der Waals surface area (Å²) >= 11 is 6.03. The predicted octanol–water partition coefficient (Wildman–Crippen LogP) is 4.39. The fourth-order valence-corrected chi connectivity index (χ4v) is 2.65. The summed E-state index contributed by atoms with van der Waals surface area (Å²) in [6, 6.07) is 15.7. The van der Waals surface area contributed by atoms with Crippen molar-refractivity contribution >= 4 is 17.4 Å². The van der Waals surface area contributed by atoms with Gasteiger partial charge in [-0.1, -0.05) is 35.9 Å². The number of nitrogens with two attached hydrogens (primary N) is 1. The first-order valence-electron chi connectivity index (χ1n) is 6.75. The van der Waals surface area contributed by atoms with Gasteiger partial charge in [0.2, 0.25) is 0 Å². The van der Waals surface area contributed by atoms with Crippen molar-refractivity contribution in [2.45, 2.75) is 13.8 Å². The molecular formula is C17H16ClN3. The molecule has 0 aliphatic rings. The van der Waals surface area contributed by atoms with Gasteiger partial charge in [-0.05, 0) is 43.7 Å². The van der Waals surface area contributed by atoms with Crippen molar-refractivity contribution < 1.29 is 0 Å². The molecule has 2 N–H and O–H groups in total. The van der Waals surface area contributed by atoms with Crippen LogP contribution in [0.2, 0.25) is 5.02 Å². The zero-order valence-electron chi connectivity index (χ0n) is 12.0. The molecule has 0 amide bonds. The molecule has 3 nitrogen and oxygen atoms in total. The highest BCUT2D eigenvalue weighted by molar-refractivity contribution is 6.30. The number of anilines is 1. The van der Waals surface area contributed by atoms with Crippen LogP contribution < -0.4 is 5.73 Å². The third kappa shape index (κ3) is 2.41. The molecule has 1 aromatic heterocycles. The van der Waals surface area contributed by atoms with Crippen molar-refractivity contribution in [3.8, 4) is 16.9 Å². The number of nitrogen functional groups attached to an aromatic ring is 1. The Morgan fingerprint density at radius 3 is 2.43 bits per heavy atom. The Hall–Kier alpha value is -2.26. The van der Waals surface area contributed by atoms with Crippen LogP contribution >= 0.6 is 11.6 Å². The van der Waals surface area contributed by atoms with Gasteiger partial charge in [-0.2, -0.15) is 5.10 Å². The van der Waals surface area contributed by atoms with Gasteiger partial charge in [-0.15, -0.1) is 0 Å². The van der Waals surface area contributed by atoms with Crippen LogP contribution in [0, 0.1) is 13.8 Å². The Kier molecular flexibility index (Phi) is 3.43. The highest BCUT2D eigenvalue weighted by atomic mass is 35.5. The number of hydrogen-bond donors (Lipinski definition) is 1. The normalized spacial score (nSPS) is 10.8. The summed E-state index contributed by atoms with van der Waals surface area (Å²) in [5, 5.41) is 5.42. The number of para-hydroxylation sites is 1. The SMILES string of the molecule is Cc1cc(Cl)ccc1-c1nn(-c2ccccc2)c(N)c1C. The van der Waals surface area contributed by atoms with Crippen LogP contribution in [0.5, 0.6) is 0 Å². The monoisotopic (exact) mass is 297 g/mol. The number of aromatic nitrogens is 2. The zero-order valence-corrected chi connectivity index (χ0v) is 12.7. The van der Waals surface area contributed by atoms with Gasteiger partial charge in [0.25, 0.3) is 0 Å². The minimum absolute atomic E-state index is 0.658. The minimum Gasteiger partial charge on any atom is -0.383 e. The standard InChI is InChI=1S/C17H16ClN3/c1-11-10-13(18)8-9-15(11)16-12(2)17(19)21(20-16)14-6-4-3-5-7-14/h3-10H,19H2,1-2H3. The van der Waals surface area contributed by atoms with Crippen LogP contribution in [0.25, 0.3) is 16.9 Å². The lowest BCUT2D eigenvalue weighted by Crippen LogP contribution is -2.01. The Morgan fingerprint density at radius 2 is 1.76 bits per heavy atom. The lowest BCUT2D eigenvalue weighted by Gasteiger charge is -2.04. The van der Waals surface area contributed by atoms with E-state index in [0.717, 1.165) is 33.1 Å². The zero-order chi connectivity index (χ0) is 15.0. The van der Waals surface area contributed by atoms with Crippen molar-refractivity contribution in [1.29, 1.82) is 0 Å². The molecule has 2 aromatic carbocycles. The summed E-state index contributed by atoms with van der Waals surface area (Å²) in [5.41, 5.74) is 11.2. The minimum atomic E-state index is 0.658. The van der Waals surface area contributed by atoms with Crippen LogP contribution in [-0.2, 0) is 0 Å². The number of rotatable bonds is 2. The average Bonchev–Trinajstić information content (AvgIpc) is 2.77. The maximum absolute atomic E-state index is 6.23. The number of halogens is 1. The predicted molar refractivity (Wildman–Crippen MR) is 87.9 cm³/mol. The molecule has 0 bridgehead atoms. The van der Waals surface area contributed by atoms with Gasteiger partial charge < -0.3 is 5.73 Å². The number of nitrogens with zero attached hydrogens (tertiary/aromatic N) is 2. The average molecular weight is 298 g/mol. The van der Waals surface area contributed by atoms with Gasteiger partial charge in [-0.3, -0.25) is 0 Å². The summed E-state index contributed by atoms with van der Waals surface area (Å²) in [5.74, 6) is 0.658. The first-order chi connectivity index (χ1) is 10.1. The molecule has 0 aliphatic heterocycles. The highest BCUT2D eigenvalue weighted by Gasteiger charge is 2.16. The first kappa shape index (κ1) is 13.7. The highest BCUT2D eigenvalue weighted by Crippen LogP contribution is 2.31. The summed E-state index contributed by atoms with van der Waals surface area (Å²) in [7, 11) is 0. The van der Waals surface area contributed by atoms with Gasteiger partial charge in [0.05, 0.1) is 11.4 Å². The van der Waals surface area contributed by atoms with Crippen molar-refractivity contribution in [2.75, 3.05) is 5.73 Å². The molecule has 0 saturated carbocycles. The van der Waals surface area contributed by atoms with Gasteiger partial charge in [-0.25, -0.2) is 4.68 Å². The van der Waals surface area contributed by atoms with Crippen LogP contribution in [0.4, 0.5) is 5.82 Å². The van der Waals surface area contributed by atoms with Crippen LogP contribution in [-0.4, -0.2) is 9.78 Å². The number of hydrogen-bond acceptors (Lipinski definition) is 2. The van der Waals surface area contributed by atoms with E-state index >= 15 is 0 Å². The van der Waals surface area contributed by atoms with E-state index in [0.29, 0.717) is 5.82 Å². The lowest BCUT2D eigenvalue weighted by atomic mass is 10.0. The second-order valence-electron chi connectivity index (χ2n) is 5.07. The van der Waals surface area contributed by atoms with Crippen LogP contribution in [0.15, 0.2) is 48.5 Å². The van der Waals surface area contributed by atoms with E-state index in [-0.39, 0.29) is 0 Å². The maximum Gasteiger partial charge on any atom is 0.130 e. The quantitative estimate of drug-likeness (QED) is 0.762. The van der Waals surface area contributed by atoms with Gasteiger partial charge >= 0.3 is 0 Å². The second-order valence-corrected chi connectivity index (χ2v) is 5.50. The Morgan fingerprint density at radius 1 is 1.05 bits per heavy atom. The summed E-state index contributed by atoms with van der Waals surface area (Å²) in [6.07, 6.45) is 0. The summed E-state index contributed by atoms with van der Waals surface area (Å²) in [6.45, 7) is 4.02. The molecule has 0 radical (unpaired) electrons. The van der Waals surface area contributed by atoms with Crippen molar-refractivity contribution in [3.05, 3.63) is 64.7 Å². The summed E-state index contributed by atoms with van der Waals surface area (Å²) < 4.78 is 1.78. The molecule has 3 aromatic rings. The smallest absolute Gasteiger partial charge is 0.130 e. The van der Waals surface area contributed by atoms with Gasteiger partial charge in [0.1, 0.15) is 5.82 Å². The number of aryl methyl sites for hydroxylation is 1. The molecule has 0 saturated heterocycles. The van der Waals surface area contributed by atoms with Crippen molar-refractivity contribution in [2.24, 2.45) is 0 Å². The van der Waals surface area contributed by atoms with Crippen molar-refractivity contribution in [3.63, 3.8) is 0 Å².